The second-order valence-corrected chi connectivity index (χ2v) is 6.31. The first kappa shape index (κ1) is 19.0. The molecule has 0 spiro atoms. The second kappa shape index (κ2) is 7.27. The minimum Gasteiger partial charge on any atom is -0.349 e. The molecular formula is C16H19ClF4N2O. The average Bonchev–Trinajstić information content (AvgIpc) is 2.48. The smallest absolute Gasteiger partial charge is 0.254 e. The van der Waals surface area contributed by atoms with Gasteiger partial charge in [0.05, 0.1) is 5.56 Å². The van der Waals surface area contributed by atoms with Gasteiger partial charge in [0.1, 0.15) is 11.6 Å². The fourth-order valence-electron chi connectivity index (χ4n) is 3.21. The third-order valence-corrected chi connectivity index (χ3v) is 4.54. The Bertz CT molecular complexity index is 612. The molecule has 0 bridgehead atoms. The van der Waals surface area contributed by atoms with Gasteiger partial charge in [0, 0.05) is 18.9 Å². The number of amides is 1. The molecule has 8 heteroatoms. The van der Waals surface area contributed by atoms with Crippen molar-refractivity contribution in [2.24, 2.45) is 0 Å². The molecule has 0 atom stereocenters. The standard InChI is InChI=1S/C16H18F4N2O.ClH/c17-13-6-12(15(23)22-10-7-16(19,20)8-10)14(18)5-11(13)9-1-3-21-4-2-9;/h5-6,9-10,21H,1-4,7-8H2,(H,22,23);1H. The van der Waals surface area contributed by atoms with E-state index >= 15 is 0 Å². The van der Waals surface area contributed by atoms with Crippen LogP contribution in [0.15, 0.2) is 12.1 Å². The Morgan fingerprint density at radius 3 is 2.33 bits per heavy atom. The van der Waals surface area contributed by atoms with Gasteiger partial charge in [0.15, 0.2) is 0 Å². The summed E-state index contributed by atoms with van der Waals surface area (Å²) in [6.45, 7) is 1.48. The molecule has 1 saturated carbocycles. The minimum atomic E-state index is -2.78. The molecule has 0 unspecified atom stereocenters. The van der Waals surface area contributed by atoms with E-state index in [2.05, 4.69) is 10.6 Å². The molecular weight excluding hydrogens is 348 g/mol. The highest BCUT2D eigenvalue weighted by Gasteiger charge is 2.46. The SMILES string of the molecule is Cl.O=C(NC1CC(F)(F)C1)c1cc(F)c(C2CCNCC2)cc1F. The lowest BCUT2D eigenvalue weighted by Crippen LogP contribution is -2.50. The predicted octanol–water partition coefficient (Wildman–Crippen LogP) is 3.38. The van der Waals surface area contributed by atoms with Crippen LogP contribution in [-0.2, 0) is 0 Å². The van der Waals surface area contributed by atoms with Crippen LogP contribution >= 0.6 is 12.4 Å². The maximum absolute atomic E-state index is 14.2. The largest absolute Gasteiger partial charge is 0.349 e. The summed E-state index contributed by atoms with van der Waals surface area (Å²) >= 11 is 0. The van der Waals surface area contributed by atoms with Crippen LogP contribution < -0.4 is 10.6 Å². The van der Waals surface area contributed by atoms with Crippen LogP contribution in [0.2, 0.25) is 0 Å². The molecule has 3 rings (SSSR count). The van der Waals surface area contributed by atoms with E-state index in [1.54, 1.807) is 0 Å². The van der Waals surface area contributed by atoms with E-state index in [4.69, 9.17) is 0 Å². The lowest BCUT2D eigenvalue weighted by atomic mass is 9.87. The molecule has 1 heterocycles. The second-order valence-electron chi connectivity index (χ2n) is 6.31. The molecule has 1 amide bonds. The van der Waals surface area contributed by atoms with Crippen molar-refractivity contribution < 1.29 is 22.4 Å². The van der Waals surface area contributed by atoms with Crippen molar-refractivity contribution >= 4 is 18.3 Å². The van der Waals surface area contributed by atoms with Crippen LogP contribution in [-0.4, -0.2) is 31.0 Å². The number of hydrogen-bond donors (Lipinski definition) is 2. The molecule has 1 aromatic carbocycles. The Balaban J connectivity index is 0.00000208. The van der Waals surface area contributed by atoms with Gasteiger partial charge < -0.3 is 10.6 Å². The zero-order valence-corrected chi connectivity index (χ0v) is 13.7. The van der Waals surface area contributed by atoms with E-state index in [0.29, 0.717) is 12.8 Å². The van der Waals surface area contributed by atoms with Crippen molar-refractivity contribution in [1.82, 2.24) is 10.6 Å². The van der Waals surface area contributed by atoms with Gasteiger partial charge in [-0.15, -0.1) is 12.4 Å². The summed E-state index contributed by atoms with van der Waals surface area (Å²) in [5.41, 5.74) is -0.161. The normalized spacial score (nSPS) is 20.8. The summed E-state index contributed by atoms with van der Waals surface area (Å²) in [4.78, 5) is 11.9. The third-order valence-electron chi connectivity index (χ3n) is 4.54. The fourth-order valence-corrected chi connectivity index (χ4v) is 3.21. The molecule has 1 saturated heterocycles. The van der Waals surface area contributed by atoms with Crippen LogP contribution in [0.25, 0.3) is 0 Å². The molecule has 0 radical (unpaired) electrons. The van der Waals surface area contributed by atoms with Crippen LogP contribution in [0.5, 0.6) is 0 Å². The summed E-state index contributed by atoms with van der Waals surface area (Å²) in [6.07, 6.45) is 0.490. The quantitative estimate of drug-likeness (QED) is 0.805. The van der Waals surface area contributed by atoms with Gasteiger partial charge in [0.2, 0.25) is 0 Å². The average molecular weight is 367 g/mol. The first-order valence-corrected chi connectivity index (χ1v) is 7.74. The Kier molecular flexibility index (Phi) is 5.75. The number of nitrogens with one attached hydrogen (secondary N) is 2. The topological polar surface area (TPSA) is 41.1 Å². The molecule has 2 aliphatic rings. The van der Waals surface area contributed by atoms with E-state index in [0.717, 1.165) is 25.2 Å². The number of halogens is 5. The van der Waals surface area contributed by atoms with Crippen LogP contribution in [0.3, 0.4) is 0 Å². The summed E-state index contributed by atoms with van der Waals surface area (Å²) < 4.78 is 53.9. The van der Waals surface area contributed by atoms with Crippen LogP contribution in [0.4, 0.5) is 17.6 Å². The van der Waals surface area contributed by atoms with Crippen LogP contribution in [0.1, 0.15) is 47.5 Å². The van der Waals surface area contributed by atoms with Gasteiger partial charge >= 0.3 is 0 Å². The van der Waals surface area contributed by atoms with Gasteiger partial charge in [-0.05, 0) is 49.5 Å². The van der Waals surface area contributed by atoms with Crippen molar-refractivity contribution in [2.45, 2.75) is 43.6 Å². The maximum Gasteiger partial charge on any atom is 0.254 e. The Labute approximate surface area is 143 Å². The van der Waals surface area contributed by atoms with Crippen molar-refractivity contribution in [3.63, 3.8) is 0 Å². The summed E-state index contributed by atoms with van der Waals surface area (Å²) in [5.74, 6) is -5.14. The van der Waals surface area contributed by atoms with Gasteiger partial charge in [-0.3, -0.25) is 4.79 Å². The highest BCUT2D eigenvalue weighted by molar-refractivity contribution is 5.94. The fraction of sp³-hybridized carbons (Fsp3) is 0.562. The van der Waals surface area contributed by atoms with Crippen molar-refractivity contribution in [1.29, 1.82) is 0 Å². The van der Waals surface area contributed by atoms with E-state index in [1.165, 1.54) is 0 Å². The highest BCUT2D eigenvalue weighted by Crippen LogP contribution is 2.37. The monoisotopic (exact) mass is 366 g/mol. The Morgan fingerprint density at radius 2 is 1.75 bits per heavy atom. The van der Waals surface area contributed by atoms with Gasteiger partial charge in [0.25, 0.3) is 11.8 Å². The third kappa shape index (κ3) is 4.00. The number of hydrogen-bond acceptors (Lipinski definition) is 2. The van der Waals surface area contributed by atoms with Crippen molar-refractivity contribution in [2.75, 3.05) is 13.1 Å². The Hall–Kier alpha value is -1.34. The lowest BCUT2D eigenvalue weighted by Gasteiger charge is -2.35. The van der Waals surface area contributed by atoms with E-state index in [-0.39, 0.29) is 23.9 Å². The molecule has 2 fully saturated rings. The zero-order chi connectivity index (χ0) is 16.6. The van der Waals surface area contributed by atoms with Crippen LogP contribution in [0, 0.1) is 11.6 Å². The molecule has 0 aromatic heterocycles. The minimum absolute atomic E-state index is 0. The van der Waals surface area contributed by atoms with E-state index in [9.17, 15) is 22.4 Å². The predicted molar refractivity (Wildman–Crippen MR) is 83.9 cm³/mol. The molecule has 134 valence electrons. The maximum atomic E-state index is 14.2. The molecule has 24 heavy (non-hydrogen) atoms. The Morgan fingerprint density at radius 1 is 1.12 bits per heavy atom. The van der Waals surface area contributed by atoms with Gasteiger partial charge in [-0.25, -0.2) is 17.6 Å². The summed E-state index contributed by atoms with van der Waals surface area (Å²) in [6, 6.07) is 1.25. The highest BCUT2D eigenvalue weighted by atomic mass is 35.5. The number of carbonyl (C=O) groups is 1. The number of carbonyl (C=O) groups excluding carboxylic acids is 1. The molecule has 1 aliphatic heterocycles. The first-order valence-electron chi connectivity index (χ1n) is 7.74. The van der Waals surface area contributed by atoms with Gasteiger partial charge in [-0.2, -0.15) is 0 Å². The van der Waals surface area contributed by atoms with E-state index < -0.39 is 47.9 Å². The number of benzene rings is 1. The summed E-state index contributed by atoms with van der Waals surface area (Å²) in [5, 5.41) is 5.47. The molecule has 2 N–H and O–H groups in total. The molecule has 1 aromatic rings. The van der Waals surface area contributed by atoms with E-state index in [1.807, 2.05) is 0 Å². The summed E-state index contributed by atoms with van der Waals surface area (Å²) in [7, 11) is 0. The number of rotatable bonds is 3. The number of piperidine rings is 1. The van der Waals surface area contributed by atoms with Crippen molar-refractivity contribution in [3.05, 3.63) is 34.9 Å². The molecule has 1 aliphatic carbocycles. The number of alkyl halides is 2. The molecule has 3 nitrogen and oxygen atoms in total. The van der Waals surface area contributed by atoms with Crippen molar-refractivity contribution in [3.8, 4) is 0 Å². The van der Waals surface area contributed by atoms with Gasteiger partial charge in [-0.1, -0.05) is 0 Å². The zero-order valence-electron chi connectivity index (χ0n) is 12.9. The first-order chi connectivity index (χ1) is 10.9. The lowest BCUT2D eigenvalue weighted by molar-refractivity contribution is -0.0901.